The molecule has 0 heterocycles. The van der Waals surface area contributed by atoms with Gasteiger partial charge in [-0.2, -0.15) is 0 Å². The quantitative estimate of drug-likeness (QED) is 0.487. The highest BCUT2D eigenvalue weighted by Gasteiger charge is 2.34. The summed E-state index contributed by atoms with van der Waals surface area (Å²) in [5, 5.41) is 0.513. The van der Waals surface area contributed by atoms with Crippen molar-refractivity contribution in [2.24, 2.45) is 0 Å². The fraction of sp³-hybridized carbons (Fsp3) is 0.625. The van der Waals surface area contributed by atoms with Crippen LogP contribution in [0.3, 0.4) is 0 Å². The van der Waals surface area contributed by atoms with Gasteiger partial charge >= 0.3 is 8.80 Å². The molecule has 0 spiro atoms. The first-order valence-electron chi connectivity index (χ1n) is 7.81. The smallest absolute Gasteiger partial charge is 0.386 e. The van der Waals surface area contributed by atoms with Gasteiger partial charge in [0.2, 0.25) is 0 Å². The molecule has 114 valence electrons. The van der Waals surface area contributed by atoms with Crippen LogP contribution in [-0.4, -0.2) is 25.0 Å². The van der Waals surface area contributed by atoms with Gasteiger partial charge in [-0.25, -0.2) is 0 Å². The van der Waals surface area contributed by atoms with Crippen molar-refractivity contribution in [3.8, 4) is 0 Å². The topological polar surface area (TPSA) is 49.7 Å². The molecule has 4 heteroatoms. The summed E-state index contributed by atoms with van der Waals surface area (Å²) in [6, 6.07) is 8.86. The minimum absolute atomic E-state index is 0.434. The third-order valence-electron chi connectivity index (χ3n) is 3.45. The maximum Gasteiger partial charge on any atom is 0.531 e. The van der Waals surface area contributed by atoms with E-state index in [1.165, 1.54) is 38.5 Å². The van der Waals surface area contributed by atoms with Crippen molar-refractivity contribution in [2.75, 3.05) is 6.61 Å². The van der Waals surface area contributed by atoms with Gasteiger partial charge in [-0.3, -0.25) is 0 Å². The molecule has 0 aromatic heterocycles. The van der Waals surface area contributed by atoms with Crippen molar-refractivity contribution in [2.45, 2.75) is 58.3 Å². The average Bonchev–Trinajstić information content (AvgIpc) is 2.46. The monoisotopic (exact) mass is 296 g/mol. The third-order valence-corrected chi connectivity index (χ3v) is 5.14. The molecule has 3 nitrogen and oxygen atoms in total. The van der Waals surface area contributed by atoms with E-state index in [4.69, 9.17) is 4.43 Å². The van der Waals surface area contributed by atoms with Crippen LogP contribution < -0.4 is 5.19 Å². The molecule has 0 aliphatic heterocycles. The number of hydrogen-bond donors (Lipinski definition) is 2. The Hall–Kier alpha value is -0.683. The van der Waals surface area contributed by atoms with Crippen LogP contribution in [0.1, 0.15) is 58.3 Å². The maximum atomic E-state index is 9.96. The summed E-state index contributed by atoms with van der Waals surface area (Å²) in [5.74, 6) is 0. The van der Waals surface area contributed by atoms with Crippen molar-refractivity contribution < 1.29 is 14.0 Å². The lowest BCUT2D eigenvalue weighted by atomic mass is 10.1. The summed E-state index contributed by atoms with van der Waals surface area (Å²) >= 11 is 0. The molecule has 0 amide bonds. The van der Waals surface area contributed by atoms with Crippen LogP contribution in [0.5, 0.6) is 0 Å². The van der Waals surface area contributed by atoms with Crippen LogP contribution in [-0.2, 0) is 4.43 Å². The summed E-state index contributed by atoms with van der Waals surface area (Å²) in [4.78, 5) is 19.9. The second-order valence-corrected chi connectivity index (χ2v) is 7.38. The molecule has 0 radical (unpaired) electrons. The Bertz CT molecular complexity index is 341. The van der Waals surface area contributed by atoms with Gasteiger partial charge in [0.15, 0.2) is 0 Å². The average molecular weight is 296 g/mol. The molecule has 0 atom stereocenters. The zero-order valence-electron chi connectivity index (χ0n) is 12.6. The summed E-state index contributed by atoms with van der Waals surface area (Å²) in [6.45, 7) is 2.66. The lowest BCUT2D eigenvalue weighted by Gasteiger charge is -2.17. The Labute approximate surface area is 124 Å². The SMILES string of the molecule is CCCCCCCCCCO[Si](O)(O)c1ccccc1. The van der Waals surface area contributed by atoms with Gasteiger partial charge in [0.05, 0.1) is 0 Å². The molecule has 20 heavy (non-hydrogen) atoms. The summed E-state index contributed by atoms with van der Waals surface area (Å²) in [5.41, 5.74) is 0. The molecule has 0 saturated carbocycles. The Morgan fingerprint density at radius 1 is 0.850 bits per heavy atom. The molecule has 2 N–H and O–H groups in total. The first-order chi connectivity index (χ1) is 9.67. The lowest BCUT2D eigenvalue weighted by Crippen LogP contribution is -2.51. The van der Waals surface area contributed by atoms with E-state index >= 15 is 0 Å². The van der Waals surface area contributed by atoms with Gasteiger partial charge in [-0.15, -0.1) is 0 Å². The van der Waals surface area contributed by atoms with E-state index in [0.29, 0.717) is 11.8 Å². The molecule has 0 aliphatic carbocycles. The molecular weight excluding hydrogens is 268 g/mol. The number of rotatable bonds is 11. The molecule has 0 aliphatic rings. The molecule has 0 saturated heterocycles. The Morgan fingerprint density at radius 3 is 2.00 bits per heavy atom. The molecule has 1 aromatic rings. The van der Waals surface area contributed by atoms with E-state index in [2.05, 4.69) is 6.92 Å². The van der Waals surface area contributed by atoms with Crippen LogP contribution in [0.4, 0.5) is 0 Å². The molecule has 0 unspecified atom stereocenters. The maximum absolute atomic E-state index is 9.96. The van der Waals surface area contributed by atoms with Crippen molar-refractivity contribution in [3.05, 3.63) is 30.3 Å². The predicted octanol–water partition coefficient (Wildman–Crippen LogP) is 2.97. The molecule has 0 fully saturated rings. The van der Waals surface area contributed by atoms with E-state index in [1.807, 2.05) is 6.07 Å². The molecule has 1 aromatic carbocycles. The second kappa shape index (κ2) is 10.1. The lowest BCUT2D eigenvalue weighted by molar-refractivity contribution is 0.160. The minimum atomic E-state index is -3.67. The Morgan fingerprint density at radius 2 is 1.40 bits per heavy atom. The number of benzene rings is 1. The largest absolute Gasteiger partial charge is 0.531 e. The standard InChI is InChI=1S/C16H28O3Si/c1-2-3-4-5-6-7-8-12-15-19-20(17,18)16-13-10-9-11-14-16/h9-11,13-14,17-18H,2-8,12,15H2,1H3. The fourth-order valence-electron chi connectivity index (χ4n) is 2.19. The second-order valence-electron chi connectivity index (χ2n) is 5.30. The Balaban J connectivity index is 2.06. The van der Waals surface area contributed by atoms with Crippen molar-refractivity contribution >= 4 is 14.0 Å². The first kappa shape index (κ1) is 17.4. The van der Waals surface area contributed by atoms with Crippen LogP contribution in [0.2, 0.25) is 0 Å². The first-order valence-corrected chi connectivity index (χ1v) is 9.61. The molecule has 0 bridgehead atoms. The molecule has 1 rings (SSSR count). The van der Waals surface area contributed by atoms with Crippen molar-refractivity contribution in [1.29, 1.82) is 0 Å². The molecular formula is C16H28O3Si. The minimum Gasteiger partial charge on any atom is -0.386 e. The van der Waals surface area contributed by atoms with E-state index in [9.17, 15) is 9.59 Å². The zero-order chi connectivity index (χ0) is 14.7. The van der Waals surface area contributed by atoms with Crippen LogP contribution in [0.15, 0.2) is 30.3 Å². The highest BCUT2D eigenvalue weighted by Crippen LogP contribution is 2.09. The van der Waals surface area contributed by atoms with Crippen molar-refractivity contribution in [3.63, 3.8) is 0 Å². The fourth-order valence-corrected chi connectivity index (χ4v) is 3.41. The number of unbranched alkanes of at least 4 members (excludes halogenated alkanes) is 7. The van der Waals surface area contributed by atoms with Gasteiger partial charge in [0.25, 0.3) is 0 Å². The zero-order valence-corrected chi connectivity index (χ0v) is 13.6. The van der Waals surface area contributed by atoms with Crippen LogP contribution in [0, 0.1) is 0 Å². The van der Waals surface area contributed by atoms with Gasteiger partial charge in [-0.05, 0) is 6.42 Å². The van der Waals surface area contributed by atoms with E-state index in [0.717, 1.165) is 12.8 Å². The van der Waals surface area contributed by atoms with Crippen LogP contribution in [0.25, 0.3) is 0 Å². The number of hydrogen-bond acceptors (Lipinski definition) is 3. The summed E-state index contributed by atoms with van der Waals surface area (Å²) in [6.07, 6.45) is 9.77. The van der Waals surface area contributed by atoms with Crippen LogP contribution >= 0.6 is 0 Å². The van der Waals surface area contributed by atoms with Gasteiger partial charge < -0.3 is 14.0 Å². The van der Waals surface area contributed by atoms with Gasteiger partial charge in [0.1, 0.15) is 0 Å². The Kier molecular flexibility index (Phi) is 8.77. The predicted molar refractivity (Wildman–Crippen MR) is 84.8 cm³/mol. The summed E-state index contributed by atoms with van der Waals surface area (Å²) in [7, 11) is -3.67. The normalized spacial score (nSPS) is 11.8. The van der Waals surface area contributed by atoms with Gasteiger partial charge in [0, 0.05) is 11.8 Å². The van der Waals surface area contributed by atoms with E-state index < -0.39 is 8.80 Å². The summed E-state index contributed by atoms with van der Waals surface area (Å²) < 4.78 is 5.31. The third kappa shape index (κ3) is 7.19. The highest BCUT2D eigenvalue weighted by atomic mass is 28.4. The van der Waals surface area contributed by atoms with E-state index in [1.54, 1.807) is 24.3 Å². The van der Waals surface area contributed by atoms with Crippen molar-refractivity contribution in [1.82, 2.24) is 0 Å². The van der Waals surface area contributed by atoms with Gasteiger partial charge in [-0.1, -0.05) is 82.2 Å². The van der Waals surface area contributed by atoms with E-state index in [-0.39, 0.29) is 0 Å². The highest BCUT2D eigenvalue weighted by molar-refractivity contribution is 6.72.